The molecule has 0 aromatic heterocycles. The van der Waals surface area contributed by atoms with Gasteiger partial charge in [-0.3, -0.25) is 4.79 Å². The standard InChI is InChI=1S/C14H26N2O/c1-11-5-6-12(8-11)9-14(17)16-7-3-2-4-13(16)10-15/h11-13H,2-10,15H2,1H3/t11-,12-,13-/m1/s1. The van der Waals surface area contributed by atoms with Crippen LogP contribution in [0.5, 0.6) is 0 Å². The molecule has 1 saturated carbocycles. The molecule has 1 heterocycles. The molecule has 0 unspecified atom stereocenters. The quantitative estimate of drug-likeness (QED) is 0.819. The lowest BCUT2D eigenvalue weighted by atomic mass is 9.98. The van der Waals surface area contributed by atoms with Crippen LogP contribution in [0.1, 0.15) is 51.9 Å². The van der Waals surface area contributed by atoms with Gasteiger partial charge in [-0.15, -0.1) is 0 Å². The topological polar surface area (TPSA) is 46.3 Å². The van der Waals surface area contributed by atoms with E-state index >= 15 is 0 Å². The molecule has 0 bridgehead atoms. The predicted molar refractivity (Wildman–Crippen MR) is 69.5 cm³/mol. The largest absolute Gasteiger partial charge is 0.338 e. The molecular weight excluding hydrogens is 212 g/mol. The first-order valence-corrected chi connectivity index (χ1v) is 7.20. The lowest BCUT2D eigenvalue weighted by molar-refractivity contribution is -0.135. The molecule has 0 spiro atoms. The van der Waals surface area contributed by atoms with Gasteiger partial charge in [0.15, 0.2) is 0 Å². The summed E-state index contributed by atoms with van der Waals surface area (Å²) in [6, 6.07) is 0.315. The zero-order chi connectivity index (χ0) is 12.3. The summed E-state index contributed by atoms with van der Waals surface area (Å²) < 4.78 is 0. The number of piperidine rings is 1. The van der Waals surface area contributed by atoms with Crippen molar-refractivity contribution < 1.29 is 4.79 Å². The fourth-order valence-corrected chi connectivity index (χ4v) is 3.45. The maximum Gasteiger partial charge on any atom is 0.223 e. The summed E-state index contributed by atoms with van der Waals surface area (Å²) in [4.78, 5) is 14.4. The molecule has 1 aliphatic carbocycles. The van der Waals surface area contributed by atoms with Crippen LogP contribution < -0.4 is 5.73 Å². The first-order valence-electron chi connectivity index (χ1n) is 7.20. The van der Waals surface area contributed by atoms with E-state index in [2.05, 4.69) is 11.8 Å². The Morgan fingerprint density at radius 3 is 2.76 bits per heavy atom. The molecule has 0 radical (unpaired) electrons. The van der Waals surface area contributed by atoms with Gasteiger partial charge < -0.3 is 10.6 Å². The number of likely N-dealkylation sites (tertiary alicyclic amines) is 1. The molecule has 3 atom stereocenters. The Balaban J connectivity index is 1.85. The highest BCUT2D eigenvalue weighted by atomic mass is 16.2. The summed E-state index contributed by atoms with van der Waals surface area (Å²) in [6.45, 7) is 3.86. The SMILES string of the molecule is C[C@@H]1CC[C@@H](CC(=O)N2CCCC[C@@H]2CN)C1. The Hall–Kier alpha value is -0.570. The van der Waals surface area contributed by atoms with Gasteiger partial charge in [0.25, 0.3) is 0 Å². The molecule has 1 saturated heterocycles. The molecule has 2 N–H and O–H groups in total. The summed E-state index contributed by atoms with van der Waals surface area (Å²) >= 11 is 0. The Morgan fingerprint density at radius 2 is 2.12 bits per heavy atom. The number of nitrogens with zero attached hydrogens (tertiary/aromatic N) is 1. The van der Waals surface area contributed by atoms with Crippen molar-refractivity contribution in [2.75, 3.05) is 13.1 Å². The van der Waals surface area contributed by atoms with Crippen molar-refractivity contribution in [3.8, 4) is 0 Å². The van der Waals surface area contributed by atoms with E-state index in [1.165, 1.54) is 25.7 Å². The average molecular weight is 238 g/mol. The number of rotatable bonds is 3. The van der Waals surface area contributed by atoms with E-state index in [9.17, 15) is 4.79 Å². The van der Waals surface area contributed by atoms with E-state index in [1.54, 1.807) is 0 Å². The van der Waals surface area contributed by atoms with Crippen molar-refractivity contribution in [2.24, 2.45) is 17.6 Å². The van der Waals surface area contributed by atoms with Gasteiger partial charge in [0, 0.05) is 25.6 Å². The van der Waals surface area contributed by atoms with Crippen molar-refractivity contribution in [1.82, 2.24) is 4.90 Å². The van der Waals surface area contributed by atoms with Gasteiger partial charge >= 0.3 is 0 Å². The molecule has 2 fully saturated rings. The van der Waals surface area contributed by atoms with E-state index < -0.39 is 0 Å². The van der Waals surface area contributed by atoms with Crippen molar-refractivity contribution in [3.63, 3.8) is 0 Å². The number of carbonyl (C=O) groups is 1. The zero-order valence-electron chi connectivity index (χ0n) is 11.0. The van der Waals surface area contributed by atoms with Gasteiger partial charge in [-0.25, -0.2) is 0 Å². The van der Waals surface area contributed by atoms with Gasteiger partial charge in [-0.2, -0.15) is 0 Å². The van der Waals surface area contributed by atoms with E-state index in [0.717, 1.165) is 31.7 Å². The lowest BCUT2D eigenvalue weighted by Crippen LogP contribution is -2.47. The molecule has 0 aromatic carbocycles. The first-order chi connectivity index (χ1) is 8.20. The first kappa shape index (κ1) is 12.9. The summed E-state index contributed by atoms with van der Waals surface area (Å²) in [5.41, 5.74) is 5.77. The van der Waals surface area contributed by atoms with E-state index in [0.29, 0.717) is 24.4 Å². The molecule has 1 aliphatic heterocycles. The number of nitrogens with two attached hydrogens (primary N) is 1. The molecule has 98 valence electrons. The number of hydrogen-bond acceptors (Lipinski definition) is 2. The van der Waals surface area contributed by atoms with Crippen molar-refractivity contribution in [1.29, 1.82) is 0 Å². The second-order valence-electron chi connectivity index (χ2n) is 5.96. The van der Waals surface area contributed by atoms with Crippen molar-refractivity contribution in [3.05, 3.63) is 0 Å². The summed E-state index contributed by atoms with van der Waals surface area (Å²) in [5.74, 6) is 1.82. The fourth-order valence-electron chi connectivity index (χ4n) is 3.45. The molecule has 2 aliphatic rings. The number of carbonyl (C=O) groups excluding carboxylic acids is 1. The molecular formula is C14H26N2O. The van der Waals surface area contributed by atoms with Crippen molar-refractivity contribution in [2.45, 2.75) is 57.9 Å². The van der Waals surface area contributed by atoms with Crippen LogP contribution in [0.2, 0.25) is 0 Å². The lowest BCUT2D eigenvalue weighted by Gasteiger charge is -2.35. The zero-order valence-corrected chi connectivity index (χ0v) is 11.0. The third-order valence-electron chi connectivity index (χ3n) is 4.49. The monoisotopic (exact) mass is 238 g/mol. The van der Waals surface area contributed by atoms with Gasteiger partial charge in [0.05, 0.1) is 0 Å². The van der Waals surface area contributed by atoms with E-state index in [4.69, 9.17) is 5.73 Å². The van der Waals surface area contributed by atoms with Gasteiger partial charge in [0.2, 0.25) is 5.91 Å². The summed E-state index contributed by atoms with van der Waals surface area (Å²) in [5, 5.41) is 0. The highest BCUT2D eigenvalue weighted by Gasteiger charge is 2.29. The van der Waals surface area contributed by atoms with Crippen LogP contribution in [-0.2, 0) is 4.79 Å². The van der Waals surface area contributed by atoms with Crippen LogP contribution in [-0.4, -0.2) is 29.9 Å². The highest BCUT2D eigenvalue weighted by Crippen LogP contribution is 2.33. The molecule has 1 amide bonds. The molecule has 0 aromatic rings. The molecule has 3 heteroatoms. The molecule has 17 heavy (non-hydrogen) atoms. The maximum absolute atomic E-state index is 12.3. The van der Waals surface area contributed by atoms with Crippen molar-refractivity contribution >= 4 is 5.91 Å². The van der Waals surface area contributed by atoms with Crippen LogP contribution in [0.3, 0.4) is 0 Å². The number of hydrogen-bond donors (Lipinski definition) is 1. The van der Waals surface area contributed by atoms with Gasteiger partial charge in [-0.05, 0) is 43.9 Å². The minimum atomic E-state index is 0.315. The second kappa shape index (κ2) is 5.85. The maximum atomic E-state index is 12.3. The normalized spacial score (nSPS) is 34.0. The molecule has 2 rings (SSSR count). The van der Waals surface area contributed by atoms with Gasteiger partial charge in [0.1, 0.15) is 0 Å². The second-order valence-corrected chi connectivity index (χ2v) is 5.96. The van der Waals surface area contributed by atoms with E-state index in [1.807, 2.05) is 0 Å². The molecule has 3 nitrogen and oxygen atoms in total. The highest BCUT2D eigenvalue weighted by molar-refractivity contribution is 5.77. The van der Waals surface area contributed by atoms with Crippen LogP contribution in [0, 0.1) is 11.8 Å². The Kier molecular flexibility index (Phi) is 4.43. The van der Waals surface area contributed by atoms with Crippen LogP contribution in [0.25, 0.3) is 0 Å². The average Bonchev–Trinajstić information content (AvgIpc) is 2.74. The Bertz CT molecular complexity index is 267. The summed E-state index contributed by atoms with van der Waals surface area (Å²) in [6.07, 6.45) is 8.04. The Labute approximate surface area is 105 Å². The minimum absolute atomic E-state index is 0.315. The van der Waals surface area contributed by atoms with Crippen LogP contribution in [0.4, 0.5) is 0 Å². The third-order valence-corrected chi connectivity index (χ3v) is 4.49. The van der Waals surface area contributed by atoms with E-state index in [-0.39, 0.29) is 0 Å². The van der Waals surface area contributed by atoms with Gasteiger partial charge in [-0.1, -0.05) is 13.3 Å². The smallest absolute Gasteiger partial charge is 0.223 e. The minimum Gasteiger partial charge on any atom is -0.338 e. The van der Waals surface area contributed by atoms with Crippen LogP contribution in [0.15, 0.2) is 0 Å². The number of amides is 1. The van der Waals surface area contributed by atoms with Crippen LogP contribution >= 0.6 is 0 Å². The third kappa shape index (κ3) is 3.21. The Morgan fingerprint density at radius 1 is 1.29 bits per heavy atom. The fraction of sp³-hybridized carbons (Fsp3) is 0.929. The predicted octanol–water partition coefficient (Wildman–Crippen LogP) is 2.15. The summed E-state index contributed by atoms with van der Waals surface area (Å²) in [7, 11) is 0.